The number of carbonyl (C=O) groups is 1. The molecule has 0 aliphatic heterocycles. The van der Waals surface area contributed by atoms with E-state index >= 15 is 0 Å². The Morgan fingerprint density at radius 3 is 2.68 bits per heavy atom. The third kappa shape index (κ3) is 4.02. The van der Waals surface area contributed by atoms with E-state index < -0.39 is 16.6 Å². The Morgan fingerprint density at radius 1 is 1.28 bits per heavy atom. The van der Waals surface area contributed by atoms with Crippen molar-refractivity contribution in [2.45, 2.75) is 0 Å². The van der Waals surface area contributed by atoms with Gasteiger partial charge in [0.2, 0.25) is 0 Å². The Kier molecular flexibility index (Phi) is 5.51. The summed E-state index contributed by atoms with van der Waals surface area (Å²) < 4.78 is 10.4. The van der Waals surface area contributed by atoms with E-state index in [9.17, 15) is 20.0 Å². The average Bonchev–Trinajstić information content (AvgIpc) is 2.61. The van der Waals surface area contributed by atoms with Crippen LogP contribution >= 0.6 is 0 Å². The number of hydrogen-bond acceptors (Lipinski definition) is 7. The van der Waals surface area contributed by atoms with E-state index in [1.165, 1.54) is 20.4 Å². The number of ether oxygens (including phenoxy) is 2. The fourth-order valence-electron chi connectivity index (χ4n) is 2.05. The van der Waals surface area contributed by atoms with E-state index in [0.717, 1.165) is 18.2 Å². The van der Waals surface area contributed by atoms with E-state index in [-0.39, 0.29) is 11.3 Å². The molecule has 0 atom stereocenters. The summed E-state index contributed by atoms with van der Waals surface area (Å²) in [6.07, 6.45) is 1.33. The molecule has 0 aromatic heterocycles. The summed E-state index contributed by atoms with van der Waals surface area (Å²) in [4.78, 5) is 22.1. The van der Waals surface area contributed by atoms with Gasteiger partial charge in [-0.1, -0.05) is 6.07 Å². The first kappa shape index (κ1) is 17.7. The molecule has 2 N–H and O–H groups in total. The van der Waals surface area contributed by atoms with Crippen molar-refractivity contribution in [3.05, 3.63) is 57.6 Å². The minimum absolute atomic E-state index is 0.260. The van der Waals surface area contributed by atoms with Crippen LogP contribution in [0.5, 0.6) is 17.2 Å². The second-order valence-electron chi connectivity index (χ2n) is 4.74. The van der Waals surface area contributed by atoms with Gasteiger partial charge in [-0.05, 0) is 18.2 Å². The summed E-state index contributed by atoms with van der Waals surface area (Å²) in [6, 6.07) is 8.25. The summed E-state index contributed by atoms with van der Waals surface area (Å²) in [5.41, 5.74) is 2.16. The van der Waals surface area contributed by atoms with Gasteiger partial charge < -0.3 is 14.6 Å². The largest absolute Gasteiger partial charge is 0.507 e. The number of benzene rings is 2. The van der Waals surface area contributed by atoms with Crippen LogP contribution in [0.3, 0.4) is 0 Å². The van der Waals surface area contributed by atoms with Gasteiger partial charge in [0.05, 0.1) is 30.9 Å². The fraction of sp³-hybridized carbons (Fsp3) is 0.125. The van der Waals surface area contributed by atoms with E-state index in [1.54, 1.807) is 18.2 Å². The van der Waals surface area contributed by atoms with Gasteiger partial charge in [0, 0.05) is 17.7 Å². The predicted octanol–water partition coefficient (Wildman–Crippen LogP) is 2.08. The van der Waals surface area contributed by atoms with Crippen molar-refractivity contribution in [1.82, 2.24) is 5.43 Å². The van der Waals surface area contributed by atoms with Crippen molar-refractivity contribution in [3.63, 3.8) is 0 Å². The molecule has 130 valence electrons. The van der Waals surface area contributed by atoms with E-state index in [1.807, 2.05) is 0 Å². The normalized spacial score (nSPS) is 10.5. The molecule has 0 spiro atoms. The molecule has 1 amide bonds. The highest BCUT2D eigenvalue weighted by Gasteiger charge is 2.16. The van der Waals surface area contributed by atoms with Gasteiger partial charge in [0.15, 0.2) is 11.5 Å². The van der Waals surface area contributed by atoms with Crippen molar-refractivity contribution in [2.24, 2.45) is 5.10 Å². The summed E-state index contributed by atoms with van der Waals surface area (Å²) in [6.45, 7) is 0. The highest BCUT2D eigenvalue weighted by atomic mass is 16.6. The summed E-state index contributed by atoms with van der Waals surface area (Å²) in [7, 11) is 2.96. The van der Waals surface area contributed by atoms with Crippen LogP contribution < -0.4 is 14.9 Å². The van der Waals surface area contributed by atoms with Crippen LogP contribution in [-0.2, 0) is 0 Å². The molecule has 2 aromatic rings. The highest BCUT2D eigenvalue weighted by molar-refractivity contribution is 5.98. The minimum Gasteiger partial charge on any atom is -0.507 e. The summed E-state index contributed by atoms with van der Waals surface area (Å²) >= 11 is 0. The Hall–Kier alpha value is -3.62. The molecular formula is C16H15N3O6. The molecule has 25 heavy (non-hydrogen) atoms. The number of nitro benzene ring substituents is 1. The quantitative estimate of drug-likeness (QED) is 0.469. The van der Waals surface area contributed by atoms with Crippen molar-refractivity contribution in [1.29, 1.82) is 0 Å². The number of hydrogen-bond donors (Lipinski definition) is 2. The van der Waals surface area contributed by atoms with Gasteiger partial charge in [-0.25, -0.2) is 5.43 Å². The van der Waals surface area contributed by atoms with Crippen LogP contribution in [-0.4, -0.2) is 36.4 Å². The molecule has 0 heterocycles. The minimum atomic E-state index is -0.792. The smallest absolute Gasteiger partial charge is 0.275 e. The molecule has 9 nitrogen and oxygen atoms in total. The Bertz CT molecular complexity index is 835. The number of para-hydroxylation sites is 1. The number of methoxy groups -OCH3 is 2. The Balaban J connectivity index is 2.19. The standard InChI is InChI=1S/C16H15N3O6/c1-24-14-5-3-4-10(15(14)25-2)9-17-18-16(21)12-8-11(19(22)23)6-7-13(12)20/h3-9,20H,1-2H3,(H,18,21)/b17-9-. The Morgan fingerprint density at radius 2 is 2.04 bits per heavy atom. The predicted molar refractivity (Wildman–Crippen MR) is 89.4 cm³/mol. The zero-order chi connectivity index (χ0) is 18.4. The number of non-ortho nitro benzene ring substituents is 1. The maximum atomic E-state index is 12.0. The molecule has 0 unspecified atom stereocenters. The van der Waals surface area contributed by atoms with E-state index in [4.69, 9.17) is 9.47 Å². The van der Waals surface area contributed by atoms with Crippen molar-refractivity contribution in [3.8, 4) is 17.2 Å². The molecule has 0 saturated carbocycles. The lowest BCUT2D eigenvalue weighted by Gasteiger charge is -2.09. The molecule has 9 heteroatoms. The first-order valence-corrected chi connectivity index (χ1v) is 6.99. The lowest BCUT2D eigenvalue weighted by molar-refractivity contribution is -0.384. The zero-order valence-corrected chi connectivity index (χ0v) is 13.4. The SMILES string of the molecule is COc1cccc(/C=N\NC(=O)c2cc([N+](=O)[O-])ccc2O)c1OC. The molecular weight excluding hydrogens is 330 g/mol. The number of nitrogens with one attached hydrogen (secondary N) is 1. The van der Waals surface area contributed by atoms with Crippen LogP contribution in [0, 0.1) is 10.1 Å². The molecule has 0 aliphatic carbocycles. The third-order valence-electron chi connectivity index (χ3n) is 3.24. The van der Waals surface area contributed by atoms with Crippen LogP contribution in [0.2, 0.25) is 0 Å². The van der Waals surface area contributed by atoms with Crippen LogP contribution in [0.15, 0.2) is 41.5 Å². The second-order valence-corrected chi connectivity index (χ2v) is 4.74. The number of phenols is 1. The molecule has 2 rings (SSSR count). The molecule has 0 aliphatic rings. The maximum Gasteiger partial charge on any atom is 0.275 e. The van der Waals surface area contributed by atoms with Crippen molar-refractivity contribution in [2.75, 3.05) is 14.2 Å². The number of amides is 1. The number of nitrogens with zero attached hydrogens (tertiary/aromatic N) is 2. The molecule has 0 radical (unpaired) electrons. The lowest BCUT2D eigenvalue weighted by atomic mass is 10.1. The number of aromatic hydroxyl groups is 1. The topological polar surface area (TPSA) is 123 Å². The molecule has 0 saturated heterocycles. The van der Waals surface area contributed by atoms with E-state index in [0.29, 0.717) is 17.1 Å². The van der Waals surface area contributed by atoms with Crippen LogP contribution in [0.4, 0.5) is 5.69 Å². The van der Waals surface area contributed by atoms with Crippen LogP contribution in [0.25, 0.3) is 0 Å². The maximum absolute atomic E-state index is 12.0. The van der Waals surface area contributed by atoms with Gasteiger partial charge >= 0.3 is 0 Å². The molecule has 2 aromatic carbocycles. The van der Waals surface area contributed by atoms with Crippen molar-refractivity contribution < 1.29 is 24.3 Å². The van der Waals surface area contributed by atoms with Gasteiger partial charge in [0.25, 0.3) is 11.6 Å². The second kappa shape index (κ2) is 7.77. The summed E-state index contributed by atoms with van der Waals surface area (Å²) in [5.74, 6) is -0.258. The summed E-state index contributed by atoms with van der Waals surface area (Å²) in [5, 5.41) is 24.2. The van der Waals surface area contributed by atoms with Gasteiger partial charge in [0.1, 0.15) is 5.75 Å². The average molecular weight is 345 g/mol. The van der Waals surface area contributed by atoms with Gasteiger partial charge in [-0.15, -0.1) is 0 Å². The number of hydrazone groups is 1. The first-order valence-electron chi connectivity index (χ1n) is 6.99. The number of nitro groups is 1. The first-order chi connectivity index (χ1) is 12.0. The molecule has 0 bridgehead atoms. The van der Waals surface area contributed by atoms with Gasteiger partial charge in [-0.3, -0.25) is 14.9 Å². The zero-order valence-electron chi connectivity index (χ0n) is 13.4. The van der Waals surface area contributed by atoms with Gasteiger partial charge in [-0.2, -0.15) is 5.10 Å². The highest BCUT2D eigenvalue weighted by Crippen LogP contribution is 2.29. The van der Waals surface area contributed by atoms with E-state index in [2.05, 4.69) is 10.5 Å². The molecule has 0 fully saturated rings. The fourth-order valence-corrected chi connectivity index (χ4v) is 2.05. The number of carbonyl (C=O) groups excluding carboxylic acids is 1. The van der Waals surface area contributed by atoms with Crippen molar-refractivity contribution >= 4 is 17.8 Å². The van der Waals surface area contributed by atoms with Crippen LogP contribution in [0.1, 0.15) is 15.9 Å². The Labute approximate surface area is 142 Å². The lowest BCUT2D eigenvalue weighted by Crippen LogP contribution is -2.18. The number of phenolic OH excluding ortho intramolecular Hbond substituents is 1. The number of rotatable bonds is 6. The monoisotopic (exact) mass is 345 g/mol. The third-order valence-corrected chi connectivity index (χ3v) is 3.24.